The number of rotatable bonds is 3. The zero-order valence-electron chi connectivity index (χ0n) is 10.6. The molecule has 1 amide bonds. The third kappa shape index (κ3) is 3.20. The number of amides is 1. The van der Waals surface area contributed by atoms with Gasteiger partial charge in [0.15, 0.2) is 17.7 Å². The van der Waals surface area contributed by atoms with Crippen LogP contribution >= 0.6 is 0 Å². The summed E-state index contributed by atoms with van der Waals surface area (Å²) in [6.07, 6.45) is 0.0130. The maximum absolute atomic E-state index is 13.0. The molecule has 4 nitrogen and oxygen atoms in total. The van der Waals surface area contributed by atoms with Crippen LogP contribution in [0.3, 0.4) is 0 Å². The van der Waals surface area contributed by atoms with E-state index in [9.17, 15) is 13.6 Å². The average Bonchev–Trinajstić information content (AvgIpc) is 2.79. The number of carbonyl (C=O) groups is 1. The molecule has 2 rings (SSSR count). The Morgan fingerprint density at radius 2 is 2.21 bits per heavy atom. The van der Waals surface area contributed by atoms with Gasteiger partial charge in [0.05, 0.1) is 0 Å². The SMILES string of the molecule is CC(Oc1ccc(F)c(F)c1)C(=O)N1CC[C@@H](N)C1. The Morgan fingerprint density at radius 3 is 2.79 bits per heavy atom. The summed E-state index contributed by atoms with van der Waals surface area (Å²) in [5, 5.41) is 0. The van der Waals surface area contributed by atoms with Gasteiger partial charge < -0.3 is 15.4 Å². The first kappa shape index (κ1) is 13.7. The normalized spacial score (nSPS) is 20.4. The Morgan fingerprint density at radius 1 is 1.47 bits per heavy atom. The molecule has 0 aromatic heterocycles. The summed E-state index contributed by atoms with van der Waals surface area (Å²) in [7, 11) is 0. The number of nitrogens with zero attached hydrogens (tertiary/aromatic N) is 1. The molecule has 0 aliphatic carbocycles. The Labute approximate surface area is 110 Å². The van der Waals surface area contributed by atoms with Gasteiger partial charge in [-0.15, -0.1) is 0 Å². The number of likely N-dealkylation sites (tertiary alicyclic amines) is 1. The predicted octanol–water partition coefficient (Wildman–Crippen LogP) is 1.29. The quantitative estimate of drug-likeness (QED) is 0.900. The summed E-state index contributed by atoms with van der Waals surface area (Å²) in [5.41, 5.74) is 5.73. The van der Waals surface area contributed by atoms with E-state index >= 15 is 0 Å². The fraction of sp³-hybridized carbons (Fsp3) is 0.462. The molecular weight excluding hydrogens is 254 g/mol. The minimum atomic E-state index is -1.000. The summed E-state index contributed by atoms with van der Waals surface area (Å²) >= 11 is 0. The Bertz CT molecular complexity index is 482. The first-order chi connectivity index (χ1) is 8.97. The molecule has 2 atom stereocenters. The molecule has 1 aromatic carbocycles. The summed E-state index contributed by atoms with van der Waals surface area (Å²) in [6.45, 7) is 2.68. The van der Waals surface area contributed by atoms with Crippen LogP contribution in [-0.2, 0) is 4.79 Å². The van der Waals surface area contributed by atoms with Crippen molar-refractivity contribution in [3.05, 3.63) is 29.8 Å². The third-order valence-corrected chi connectivity index (χ3v) is 3.09. The first-order valence-electron chi connectivity index (χ1n) is 6.13. The molecule has 19 heavy (non-hydrogen) atoms. The molecule has 1 aliphatic heterocycles. The second kappa shape index (κ2) is 5.52. The zero-order chi connectivity index (χ0) is 14.0. The number of hydrogen-bond donors (Lipinski definition) is 1. The topological polar surface area (TPSA) is 55.6 Å². The Hall–Kier alpha value is -1.69. The van der Waals surface area contributed by atoms with E-state index in [0.29, 0.717) is 13.1 Å². The average molecular weight is 270 g/mol. The van der Waals surface area contributed by atoms with Crippen LogP contribution in [0.4, 0.5) is 8.78 Å². The van der Waals surface area contributed by atoms with Gasteiger partial charge in [-0.1, -0.05) is 0 Å². The van der Waals surface area contributed by atoms with Crippen molar-refractivity contribution in [1.82, 2.24) is 4.90 Å². The lowest BCUT2D eigenvalue weighted by atomic mass is 10.3. The van der Waals surface area contributed by atoms with Crippen molar-refractivity contribution in [2.45, 2.75) is 25.5 Å². The Kier molecular flexibility index (Phi) is 3.99. The molecule has 1 saturated heterocycles. The zero-order valence-corrected chi connectivity index (χ0v) is 10.6. The highest BCUT2D eigenvalue weighted by Crippen LogP contribution is 2.18. The molecule has 1 aromatic rings. The van der Waals surface area contributed by atoms with E-state index in [4.69, 9.17) is 10.5 Å². The molecule has 1 unspecified atom stereocenters. The molecule has 1 heterocycles. The molecule has 0 spiro atoms. The maximum Gasteiger partial charge on any atom is 0.263 e. The number of halogens is 2. The van der Waals surface area contributed by atoms with E-state index in [1.807, 2.05) is 0 Å². The molecular formula is C13H16F2N2O2. The van der Waals surface area contributed by atoms with Crippen molar-refractivity contribution in [3.8, 4) is 5.75 Å². The van der Waals surface area contributed by atoms with Gasteiger partial charge in [-0.2, -0.15) is 0 Å². The molecule has 0 saturated carbocycles. The lowest BCUT2D eigenvalue weighted by molar-refractivity contribution is -0.136. The van der Waals surface area contributed by atoms with Gasteiger partial charge >= 0.3 is 0 Å². The lowest BCUT2D eigenvalue weighted by Crippen LogP contribution is -2.40. The second-order valence-corrected chi connectivity index (χ2v) is 4.67. The van der Waals surface area contributed by atoms with Gasteiger partial charge in [0.25, 0.3) is 5.91 Å². The summed E-state index contributed by atoms with van der Waals surface area (Å²) in [4.78, 5) is 13.6. The molecule has 104 valence electrons. The number of hydrogen-bond acceptors (Lipinski definition) is 3. The lowest BCUT2D eigenvalue weighted by Gasteiger charge is -2.21. The third-order valence-electron chi connectivity index (χ3n) is 3.09. The van der Waals surface area contributed by atoms with Crippen LogP contribution in [0.15, 0.2) is 18.2 Å². The number of ether oxygens (including phenoxy) is 1. The van der Waals surface area contributed by atoms with Gasteiger partial charge in [-0.25, -0.2) is 8.78 Å². The summed E-state index contributed by atoms with van der Waals surface area (Å²) in [5.74, 6) is -2.02. The van der Waals surface area contributed by atoms with Gasteiger partial charge in [0.1, 0.15) is 5.75 Å². The van der Waals surface area contributed by atoms with Crippen LogP contribution in [0, 0.1) is 11.6 Å². The van der Waals surface area contributed by atoms with Crippen molar-refractivity contribution < 1.29 is 18.3 Å². The minimum absolute atomic E-state index is 0.000541. The van der Waals surface area contributed by atoms with Crippen LogP contribution in [0.1, 0.15) is 13.3 Å². The summed E-state index contributed by atoms with van der Waals surface area (Å²) < 4.78 is 31.1. The van der Waals surface area contributed by atoms with Crippen LogP contribution in [0.5, 0.6) is 5.75 Å². The van der Waals surface area contributed by atoms with Gasteiger partial charge in [0.2, 0.25) is 0 Å². The highest BCUT2D eigenvalue weighted by atomic mass is 19.2. The van der Waals surface area contributed by atoms with Crippen LogP contribution in [0.25, 0.3) is 0 Å². The van der Waals surface area contributed by atoms with Crippen LogP contribution < -0.4 is 10.5 Å². The first-order valence-corrected chi connectivity index (χ1v) is 6.13. The molecule has 0 bridgehead atoms. The van der Waals surface area contributed by atoms with Crippen molar-refractivity contribution in [3.63, 3.8) is 0 Å². The molecule has 1 fully saturated rings. The van der Waals surface area contributed by atoms with E-state index in [0.717, 1.165) is 18.6 Å². The van der Waals surface area contributed by atoms with E-state index in [-0.39, 0.29) is 17.7 Å². The van der Waals surface area contributed by atoms with E-state index in [2.05, 4.69) is 0 Å². The number of nitrogens with two attached hydrogens (primary N) is 1. The van der Waals surface area contributed by atoms with E-state index in [1.165, 1.54) is 6.07 Å². The molecule has 0 radical (unpaired) electrons. The van der Waals surface area contributed by atoms with Crippen molar-refractivity contribution >= 4 is 5.91 Å². The van der Waals surface area contributed by atoms with Crippen molar-refractivity contribution in [1.29, 1.82) is 0 Å². The van der Waals surface area contributed by atoms with Crippen molar-refractivity contribution in [2.75, 3.05) is 13.1 Å². The minimum Gasteiger partial charge on any atom is -0.481 e. The van der Waals surface area contributed by atoms with Gasteiger partial charge in [-0.3, -0.25) is 4.79 Å². The Balaban J connectivity index is 1.98. The standard InChI is InChI=1S/C13H16F2N2O2/c1-8(13(18)17-5-4-9(16)7-17)19-10-2-3-11(14)12(15)6-10/h2-3,6,8-9H,4-5,7,16H2,1H3/t8?,9-/m1/s1. The fourth-order valence-electron chi connectivity index (χ4n) is 2.05. The molecule has 2 N–H and O–H groups in total. The number of carbonyl (C=O) groups excluding carboxylic acids is 1. The molecule has 1 aliphatic rings. The second-order valence-electron chi connectivity index (χ2n) is 4.67. The van der Waals surface area contributed by atoms with Crippen molar-refractivity contribution in [2.24, 2.45) is 5.73 Å². The molecule has 6 heteroatoms. The maximum atomic E-state index is 13.0. The van der Waals surface area contributed by atoms with E-state index < -0.39 is 17.7 Å². The largest absolute Gasteiger partial charge is 0.481 e. The predicted molar refractivity (Wildman–Crippen MR) is 65.6 cm³/mol. The monoisotopic (exact) mass is 270 g/mol. The van der Waals surface area contributed by atoms with Crippen LogP contribution in [0.2, 0.25) is 0 Å². The van der Waals surface area contributed by atoms with Crippen LogP contribution in [-0.4, -0.2) is 36.0 Å². The van der Waals surface area contributed by atoms with Gasteiger partial charge in [-0.05, 0) is 25.5 Å². The van der Waals surface area contributed by atoms with E-state index in [1.54, 1.807) is 11.8 Å². The van der Waals surface area contributed by atoms with Gasteiger partial charge in [0, 0.05) is 25.2 Å². The fourth-order valence-corrected chi connectivity index (χ4v) is 2.05. The number of benzene rings is 1. The smallest absolute Gasteiger partial charge is 0.263 e. The summed E-state index contributed by atoms with van der Waals surface area (Å²) in [6, 6.07) is 3.18. The highest BCUT2D eigenvalue weighted by Gasteiger charge is 2.28. The highest BCUT2D eigenvalue weighted by molar-refractivity contribution is 5.81.